The largest absolute Gasteiger partial charge is 0.329 e. The van der Waals surface area contributed by atoms with Gasteiger partial charge in [-0.15, -0.1) is 0 Å². The number of nitrogens with two attached hydrogens (primary N) is 1. The van der Waals surface area contributed by atoms with Gasteiger partial charge >= 0.3 is 0 Å². The second kappa shape index (κ2) is 5.40. The van der Waals surface area contributed by atoms with Crippen LogP contribution in [0.15, 0.2) is 11.2 Å². The van der Waals surface area contributed by atoms with Gasteiger partial charge in [-0.05, 0) is 19.8 Å². The molecule has 0 bridgehead atoms. The fourth-order valence-corrected chi connectivity index (χ4v) is 5.21. The van der Waals surface area contributed by atoms with Gasteiger partial charge in [0.15, 0.2) is 5.03 Å². The minimum atomic E-state index is -3.67. The smallest absolute Gasteiger partial charge is 0.262 e. The third-order valence-electron chi connectivity index (χ3n) is 3.59. The van der Waals surface area contributed by atoms with Crippen LogP contribution < -0.4 is 5.73 Å². The highest BCUT2D eigenvalue weighted by molar-refractivity contribution is 7.89. The zero-order valence-corrected chi connectivity index (χ0v) is 12.7. The summed E-state index contributed by atoms with van der Waals surface area (Å²) in [6.07, 6.45) is 3.97. The van der Waals surface area contributed by atoms with Crippen molar-refractivity contribution in [3.05, 3.63) is 11.2 Å². The summed E-state index contributed by atoms with van der Waals surface area (Å²) < 4.78 is 28.4. The van der Waals surface area contributed by atoms with E-state index in [2.05, 4.69) is 5.10 Å². The lowest BCUT2D eigenvalue weighted by atomic mass is 10.00. The van der Waals surface area contributed by atoms with Crippen LogP contribution in [0.1, 0.15) is 26.2 Å². The molecular weight excluding hydrogens is 288 g/mol. The molecule has 0 radical (unpaired) electrons. The maximum Gasteiger partial charge on any atom is 0.262 e. The van der Waals surface area contributed by atoms with Gasteiger partial charge in [0, 0.05) is 25.7 Å². The molecular formula is C11H19ClN4O2S. The number of hydrogen-bond acceptors (Lipinski definition) is 4. The van der Waals surface area contributed by atoms with E-state index < -0.39 is 10.0 Å². The fraction of sp³-hybridized carbons (Fsp3) is 0.727. The number of piperidine rings is 1. The molecule has 2 unspecified atom stereocenters. The molecule has 2 atom stereocenters. The number of rotatable bonds is 3. The zero-order chi connectivity index (χ0) is 14.2. The van der Waals surface area contributed by atoms with Gasteiger partial charge in [0.25, 0.3) is 10.0 Å². The van der Waals surface area contributed by atoms with Crippen LogP contribution in [-0.2, 0) is 17.1 Å². The number of sulfonamides is 1. The van der Waals surface area contributed by atoms with Gasteiger partial charge in [-0.2, -0.15) is 9.40 Å². The topological polar surface area (TPSA) is 81.2 Å². The molecule has 0 amide bonds. The van der Waals surface area contributed by atoms with Crippen LogP contribution in [0.3, 0.4) is 0 Å². The standard InChI is InChI=1S/C11H19ClN4O2S/c1-8-4-3-5-9(6-13)16(8)19(17,18)11-10(12)7-14-15(11)2/h7-9H,3-6,13H2,1-2H3. The van der Waals surface area contributed by atoms with Crippen molar-refractivity contribution in [1.82, 2.24) is 14.1 Å². The molecule has 0 aromatic carbocycles. The molecule has 108 valence electrons. The second-order valence-electron chi connectivity index (χ2n) is 4.93. The molecule has 1 aromatic heterocycles. The van der Waals surface area contributed by atoms with Crippen molar-refractivity contribution in [1.29, 1.82) is 0 Å². The molecule has 2 rings (SSSR count). The summed E-state index contributed by atoms with van der Waals surface area (Å²) in [5.74, 6) is 0. The monoisotopic (exact) mass is 306 g/mol. The summed E-state index contributed by atoms with van der Waals surface area (Å²) in [6, 6.07) is -0.238. The first-order chi connectivity index (χ1) is 8.89. The third-order valence-corrected chi connectivity index (χ3v) is 6.16. The second-order valence-corrected chi connectivity index (χ2v) is 7.09. The maximum absolute atomic E-state index is 12.8. The number of nitrogens with zero attached hydrogens (tertiary/aromatic N) is 3. The Balaban J connectivity index is 2.48. The number of halogens is 1. The predicted molar refractivity (Wildman–Crippen MR) is 73.4 cm³/mol. The Bertz CT molecular complexity index is 538. The summed E-state index contributed by atoms with van der Waals surface area (Å²) in [5, 5.41) is 4.09. The summed E-state index contributed by atoms with van der Waals surface area (Å²) in [6.45, 7) is 2.22. The molecule has 6 nitrogen and oxygen atoms in total. The van der Waals surface area contributed by atoms with Gasteiger partial charge in [0.1, 0.15) is 0 Å². The van der Waals surface area contributed by atoms with E-state index >= 15 is 0 Å². The Morgan fingerprint density at radius 2 is 2.21 bits per heavy atom. The molecule has 1 fully saturated rings. The Morgan fingerprint density at radius 3 is 2.74 bits per heavy atom. The maximum atomic E-state index is 12.8. The average Bonchev–Trinajstić information content (AvgIpc) is 2.68. The summed E-state index contributed by atoms with van der Waals surface area (Å²) in [4.78, 5) is 0. The fourth-order valence-electron chi connectivity index (χ4n) is 2.71. The van der Waals surface area contributed by atoms with Crippen molar-refractivity contribution >= 4 is 21.6 Å². The zero-order valence-electron chi connectivity index (χ0n) is 11.1. The summed E-state index contributed by atoms with van der Waals surface area (Å²) >= 11 is 5.97. The Kier molecular flexibility index (Phi) is 4.20. The van der Waals surface area contributed by atoms with Gasteiger partial charge in [-0.1, -0.05) is 18.0 Å². The molecule has 1 saturated heterocycles. The average molecular weight is 307 g/mol. The number of hydrogen-bond donors (Lipinski definition) is 1. The quantitative estimate of drug-likeness (QED) is 0.902. The van der Waals surface area contributed by atoms with E-state index in [-0.39, 0.29) is 22.1 Å². The van der Waals surface area contributed by atoms with Crippen molar-refractivity contribution < 1.29 is 8.42 Å². The van der Waals surface area contributed by atoms with Crippen LogP contribution in [0.5, 0.6) is 0 Å². The summed E-state index contributed by atoms with van der Waals surface area (Å²) in [5.41, 5.74) is 5.72. The first kappa shape index (κ1) is 14.8. The molecule has 2 N–H and O–H groups in total. The van der Waals surface area contributed by atoms with Crippen molar-refractivity contribution in [3.8, 4) is 0 Å². The minimum absolute atomic E-state index is 0.0429. The lowest BCUT2D eigenvalue weighted by molar-refractivity contribution is 0.195. The van der Waals surface area contributed by atoms with Crippen molar-refractivity contribution in [3.63, 3.8) is 0 Å². The molecule has 1 aliphatic rings. The van der Waals surface area contributed by atoms with Crippen LogP contribution in [0.25, 0.3) is 0 Å². The lowest BCUT2D eigenvalue weighted by Gasteiger charge is -2.38. The molecule has 8 heteroatoms. The van der Waals surface area contributed by atoms with E-state index in [1.54, 1.807) is 7.05 Å². The third kappa shape index (κ3) is 2.52. The highest BCUT2D eigenvalue weighted by atomic mass is 35.5. The van der Waals surface area contributed by atoms with Crippen LogP contribution in [-0.4, -0.2) is 41.1 Å². The van der Waals surface area contributed by atoms with Crippen LogP contribution in [0, 0.1) is 0 Å². The van der Waals surface area contributed by atoms with Crippen LogP contribution in [0.4, 0.5) is 0 Å². The molecule has 0 aliphatic carbocycles. The highest BCUT2D eigenvalue weighted by Crippen LogP contribution is 2.31. The molecule has 0 spiro atoms. The van der Waals surface area contributed by atoms with E-state index in [4.69, 9.17) is 17.3 Å². The van der Waals surface area contributed by atoms with Crippen LogP contribution >= 0.6 is 11.6 Å². The summed E-state index contributed by atoms with van der Waals surface area (Å²) in [7, 11) is -2.09. The van der Waals surface area contributed by atoms with Gasteiger partial charge < -0.3 is 5.73 Å². The van der Waals surface area contributed by atoms with Crippen molar-refractivity contribution in [2.45, 2.75) is 43.3 Å². The minimum Gasteiger partial charge on any atom is -0.329 e. The van der Waals surface area contributed by atoms with Crippen molar-refractivity contribution in [2.75, 3.05) is 6.54 Å². The molecule has 2 heterocycles. The van der Waals surface area contributed by atoms with Gasteiger partial charge in [0.2, 0.25) is 0 Å². The Labute approximate surface area is 118 Å². The van der Waals surface area contributed by atoms with E-state index in [1.165, 1.54) is 15.2 Å². The first-order valence-electron chi connectivity index (χ1n) is 6.30. The Hall–Kier alpha value is -0.630. The van der Waals surface area contributed by atoms with E-state index in [9.17, 15) is 8.42 Å². The van der Waals surface area contributed by atoms with Gasteiger partial charge in [-0.25, -0.2) is 8.42 Å². The van der Waals surface area contributed by atoms with Gasteiger partial charge in [0.05, 0.1) is 11.2 Å². The molecule has 0 saturated carbocycles. The molecule has 1 aliphatic heterocycles. The van der Waals surface area contributed by atoms with Gasteiger partial charge in [-0.3, -0.25) is 4.68 Å². The number of aryl methyl sites for hydroxylation is 1. The Morgan fingerprint density at radius 1 is 1.53 bits per heavy atom. The van der Waals surface area contributed by atoms with E-state index in [0.29, 0.717) is 6.54 Å². The van der Waals surface area contributed by atoms with E-state index in [1.807, 2.05) is 6.92 Å². The highest BCUT2D eigenvalue weighted by Gasteiger charge is 2.39. The molecule has 19 heavy (non-hydrogen) atoms. The first-order valence-corrected chi connectivity index (χ1v) is 8.12. The predicted octanol–water partition coefficient (Wildman–Crippen LogP) is 0.964. The SMILES string of the molecule is CC1CCCC(CN)N1S(=O)(=O)c1c(Cl)cnn1C. The lowest BCUT2D eigenvalue weighted by Crippen LogP contribution is -2.52. The normalized spacial score (nSPS) is 25.7. The van der Waals surface area contributed by atoms with Crippen molar-refractivity contribution in [2.24, 2.45) is 12.8 Å². The number of aromatic nitrogens is 2. The van der Waals surface area contributed by atoms with Crippen LogP contribution in [0.2, 0.25) is 5.02 Å². The van der Waals surface area contributed by atoms with E-state index in [0.717, 1.165) is 19.3 Å². The molecule has 1 aromatic rings.